The molecule has 0 spiro atoms. The van der Waals surface area contributed by atoms with Crippen molar-refractivity contribution in [3.63, 3.8) is 0 Å². The van der Waals surface area contributed by atoms with Crippen molar-refractivity contribution in [1.29, 1.82) is 0 Å². The van der Waals surface area contributed by atoms with Crippen molar-refractivity contribution in [2.24, 2.45) is 11.8 Å². The van der Waals surface area contributed by atoms with Gasteiger partial charge in [0.25, 0.3) is 5.91 Å². The molecule has 5 rings (SSSR count). The van der Waals surface area contributed by atoms with Gasteiger partial charge in [0.2, 0.25) is 0 Å². The van der Waals surface area contributed by atoms with Gasteiger partial charge in [-0.15, -0.1) is 0 Å². The fourth-order valence-electron chi connectivity index (χ4n) is 5.54. The van der Waals surface area contributed by atoms with Gasteiger partial charge in [-0.2, -0.15) is 0 Å². The molecule has 2 unspecified atom stereocenters. The summed E-state index contributed by atoms with van der Waals surface area (Å²) >= 11 is 6.29. The van der Waals surface area contributed by atoms with Gasteiger partial charge >= 0.3 is 0 Å². The molecular formula is C24H22ClF2N3O4S. The van der Waals surface area contributed by atoms with Crippen LogP contribution in [0, 0.1) is 23.5 Å². The highest BCUT2D eigenvalue weighted by molar-refractivity contribution is 7.92. The number of nitrogens with one attached hydrogen (secondary N) is 2. The number of sulfone groups is 1. The number of hydrogen-bond acceptors (Lipinski definition) is 5. The van der Waals surface area contributed by atoms with Crippen molar-refractivity contribution in [2.75, 3.05) is 5.32 Å². The highest BCUT2D eigenvalue weighted by Gasteiger charge is 2.55. The molecule has 0 aliphatic heterocycles. The maximum atomic E-state index is 13.8. The van der Waals surface area contributed by atoms with Crippen LogP contribution >= 0.6 is 11.6 Å². The number of aliphatic hydroxyl groups is 1. The van der Waals surface area contributed by atoms with Crippen LogP contribution in [0.2, 0.25) is 5.02 Å². The van der Waals surface area contributed by atoms with Crippen LogP contribution in [0.25, 0.3) is 0 Å². The maximum absolute atomic E-state index is 13.8. The molecule has 11 heteroatoms. The molecule has 2 aliphatic rings. The standard InChI is InChI=1S/C24H22ClF2N3O4S/c25-17-5-3-13(22(31)30-16-4-6-18(26)19(27)10-16)9-20(17)35(33,34)21-14-1-2-15(21)12-24(32,11-14)23-28-7-8-29-23/h3-10,14-15,21,32H,1-2,11-12H2,(H,28,29)(H,30,31). The summed E-state index contributed by atoms with van der Waals surface area (Å²) in [5.74, 6) is -3.04. The van der Waals surface area contributed by atoms with Gasteiger partial charge in [0.15, 0.2) is 21.5 Å². The highest BCUT2D eigenvalue weighted by atomic mass is 35.5. The second-order valence-electron chi connectivity index (χ2n) is 9.21. The fraction of sp³-hybridized carbons (Fsp3) is 0.333. The molecule has 2 aromatic carbocycles. The summed E-state index contributed by atoms with van der Waals surface area (Å²) in [6, 6.07) is 6.82. The largest absolute Gasteiger partial charge is 0.382 e. The first-order chi connectivity index (χ1) is 16.6. The monoisotopic (exact) mass is 521 g/mol. The topological polar surface area (TPSA) is 112 Å². The van der Waals surface area contributed by atoms with E-state index in [1.165, 1.54) is 24.3 Å². The number of rotatable bonds is 5. The van der Waals surface area contributed by atoms with Gasteiger partial charge in [0.05, 0.1) is 15.2 Å². The number of carbonyl (C=O) groups excluding carboxylic acids is 1. The van der Waals surface area contributed by atoms with E-state index in [2.05, 4.69) is 15.3 Å². The third-order valence-electron chi connectivity index (χ3n) is 7.01. The lowest BCUT2D eigenvalue weighted by molar-refractivity contribution is -0.0310. The Morgan fingerprint density at radius 3 is 2.46 bits per heavy atom. The fourth-order valence-corrected chi connectivity index (χ4v) is 8.38. The molecule has 1 heterocycles. The summed E-state index contributed by atoms with van der Waals surface area (Å²) in [5.41, 5.74) is -1.19. The van der Waals surface area contributed by atoms with Crippen molar-refractivity contribution in [3.05, 3.63) is 76.8 Å². The van der Waals surface area contributed by atoms with Crippen molar-refractivity contribution >= 4 is 33.0 Å². The van der Waals surface area contributed by atoms with Crippen molar-refractivity contribution in [1.82, 2.24) is 9.97 Å². The summed E-state index contributed by atoms with van der Waals surface area (Å²) in [5, 5.41) is 12.9. The first kappa shape index (κ1) is 23.9. The third kappa shape index (κ3) is 4.23. The van der Waals surface area contributed by atoms with E-state index >= 15 is 0 Å². The lowest BCUT2D eigenvalue weighted by Gasteiger charge is -2.39. The van der Waals surface area contributed by atoms with E-state index in [9.17, 15) is 27.1 Å². The highest BCUT2D eigenvalue weighted by Crippen LogP contribution is 2.53. The van der Waals surface area contributed by atoms with E-state index in [0.29, 0.717) is 18.7 Å². The van der Waals surface area contributed by atoms with Crippen LogP contribution in [0.1, 0.15) is 41.9 Å². The van der Waals surface area contributed by atoms with Gasteiger partial charge in [-0.1, -0.05) is 11.6 Å². The number of anilines is 1. The minimum Gasteiger partial charge on any atom is -0.382 e. The molecule has 7 nitrogen and oxygen atoms in total. The Morgan fingerprint density at radius 2 is 1.83 bits per heavy atom. The number of fused-ring (bicyclic) bond motifs is 2. The molecule has 2 aliphatic carbocycles. The van der Waals surface area contributed by atoms with Crippen LogP contribution < -0.4 is 5.32 Å². The molecule has 35 heavy (non-hydrogen) atoms. The molecule has 2 atom stereocenters. The number of carbonyl (C=O) groups is 1. The maximum Gasteiger partial charge on any atom is 0.255 e. The van der Waals surface area contributed by atoms with E-state index < -0.39 is 38.2 Å². The number of H-pyrrole nitrogens is 1. The quantitative estimate of drug-likeness (QED) is 0.459. The molecule has 184 valence electrons. The Bertz CT molecular complexity index is 1380. The van der Waals surface area contributed by atoms with Crippen molar-refractivity contribution in [3.8, 4) is 0 Å². The number of nitrogens with zero attached hydrogens (tertiary/aromatic N) is 1. The predicted octanol–water partition coefficient (Wildman–Crippen LogP) is 4.44. The van der Waals surface area contributed by atoms with Crippen LogP contribution in [0.4, 0.5) is 14.5 Å². The van der Waals surface area contributed by atoms with E-state index in [1.54, 1.807) is 12.4 Å². The second-order valence-corrected chi connectivity index (χ2v) is 11.7. The molecule has 3 N–H and O–H groups in total. The lowest BCUT2D eigenvalue weighted by Crippen LogP contribution is -2.45. The van der Waals surface area contributed by atoms with E-state index in [1.807, 2.05) is 0 Å². The minimum atomic E-state index is -3.95. The molecule has 0 saturated heterocycles. The zero-order chi connectivity index (χ0) is 25.0. The molecule has 2 saturated carbocycles. The number of imidazole rings is 1. The Hall–Kier alpha value is -2.82. The first-order valence-corrected chi connectivity index (χ1v) is 13.0. The van der Waals surface area contributed by atoms with Crippen LogP contribution in [-0.4, -0.2) is 34.6 Å². The first-order valence-electron chi connectivity index (χ1n) is 11.1. The average molecular weight is 522 g/mol. The van der Waals surface area contributed by atoms with Crippen LogP contribution in [0.5, 0.6) is 0 Å². The number of aromatic nitrogens is 2. The summed E-state index contributed by atoms with van der Waals surface area (Å²) in [6.45, 7) is 0. The van der Waals surface area contributed by atoms with Gasteiger partial charge in [-0.25, -0.2) is 22.2 Å². The van der Waals surface area contributed by atoms with E-state index in [4.69, 9.17) is 11.6 Å². The second kappa shape index (κ2) is 8.69. The van der Waals surface area contributed by atoms with Gasteiger partial charge in [0, 0.05) is 29.7 Å². The number of halogens is 3. The van der Waals surface area contributed by atoms with Gasteiger partial charge in [-0.05, 0) is 67.9 Å². The molecular weight excluding hydrogens is 500 g/mol. The summed E-state index contributed by atoms with van der Waals surface area (Å²) < 4.78 is 54.2. The molecule has 2 bridgehead atoms. The minimum absolute atomic E-state index is 0.00737. The Morgan fingerprint density at radius 1 is 1.11 bits per heavy atom. The predicted molar refractivity (Wildman–Crippen MR) is 125 cm³/mol. The lowest BCUT2D eigenvalue weighted by atomic mass is 9.76. The molecule has 3 aromatic rings. The molecule has 2 fully saturated rings. The van der Waals surface area contributed by atoms with Crippen LogP contribution in [-0.2, 0) is 15.4 Å². The number of aromatic amines is 1. The number of benzene rings is 2. The van der Waals surface area contributed by atoms with Crippen molar-refractivity contribution < 1.29 is 27.1 Å². The molecule has 1 aromatic heterocycles. The zero-order valence-electron chi connectivity index (χ0n) is 18.3. The van der Waals surface area contributed by atoms with E-state index in [-0.39, 0.29) is 45.8 Å². The number of amides is 1. The molecule has 1 amide bonds. The van der Waals surface area contributed by atoms with Gasteiger partial charge in [0.1, 0.15) is 11.4 Å². The Balaban J connectivity index is 1.42. The normalized spacial score (nSPS) is 26.0. The van der Waals surface area contributed by atoms with Crippen molar-refractivity contribution in [2.45, 2.75) is 41.4 Å². The summed E-state index contributed by atoms with van der Waals surface area (Å²) in [4.78, 5) is 19.7. The third-order valence-corrected chi connectivity index (χ3v) is 9.89. The zero-order valence-corrected chi connectivity index (χ0v) is 19.9. The molecule has 0 radical (unpaired) electrons. The Labute approximate surface area is 205 Å². The van der Waals surface area contributed by atoms with Crippen LogP contribution in [0.3, 0.4) is 0 Å². The van der Waals surface area contributed by atoms with Crippen LogP contribution in [0.15, 0.2) is 53.7 Å². The summed E-state index contributed by atoms with van der Waals surface area (Å²) in [7, 11) is -3.95. The SMILES string of the molecule is O=C(Nc1ccc(F)c(F)c1)c1ccc(Cl)c(S(=O)(=O)C2C3CCC2CC(O)(c2ncc[nH]2)C3)c1. The average Bonchev–Trinajstić information content (AvgIpc) is 3.45. The Kier molecular flexibility index (Phi) is 5.93. The van der Waals surface area contributed by atoms with E-state index in [0.717, 1.165) is 12.1 Å². The van der Waals surface area contributed by atoms with Gasteiger partial charge < -0.3 is 15.4 Å². The smallest absolute Gasteiger partial charge is 0.255 e. The van der Waals surface area contributed by atoms with Gasteiger partial charge in [-0.3, -0.25) is 4.79 Å². The number of hydrogen-bond donors (Lipinski definition) is 3. The summed E-state index contributed by atoms with van der Waals surface area (Å²) in [6.07, 6.45) is 4.95.